The lowest BCUT2D eigenvalue weighted by atomic mass is 9.78. The first-order chi connectivity index (χ1) is 9.85. The standard InChI is InChI=1S/C14H22BrNO4S/c1-9(2)11-5-3-4-6-12(11)16-21(18,19)13-7-10(8-17)20-14(13)15/h7,9,11-12,16-17H,3-6,8H2,1-2H3. The summed E-state index contributed by atoms with van der Waals surface area (Å²) in [6.45, 7) is 3.94. The fourth-order valence-electron chi connectivity index (χ4n) is 3.03. The van der Waals surface area contributed by atoms with Crippen molar-refractivity contribution in [2.45, 2.75) is 57.1 Å². The van der Waals surface area contributed by atoms with Gasteiger partial charge < -0.3 is 9.52 Å². The lowest BCUT2D eigenvalue weighted by molar-refractivity contribution is 0.226. The van der Waals surface area contributed by atoms with Crippen molar-refractivity contribution in [3.8, 4) is 0 Å². The first-order valence-corrected chi connectivity index (χ1v) is 9.54. The van der Waals surface area contributed by atoms with E-state index in [4.69, 9.17) is 9.52 Å². The maximum Gasteiger partial charge on any atom is 0.245 e. The van der Waals surface area contributed by atoms with Crippen molar-refractivity contribution in [2.75, 3.05) is 0 Å². The van der Waals surface area contributed by atoms with Crippen molar-refractivity contribution in [1.82, 2.24) is 4.72 Å². The SMILES string of the molecule is CC(C)C1CCCCC1NS(=O)(=O)c1cc(CO)oc1Br. The normalized spacial score (nSPS) is 23.7. The molecule has 7 heteroatoms. The van der Waals surface area contributed by atoms with Crippen molar-refractivity contribution in [2.24, 2.45) is 11.8 Å². The van der Waals surface area contributed by atoms with E-state index in [2.05, 4.69) is 34.5 Å². The summed E-state index contributed by atoms with van der Waals surface area (Å²) in [5, 5.41) is 9.05. The molecule has 1 aliphatic carbocycles. The monoisotopic (exact) mass is 379 g/mol. The van der Waals surface area contributed by atoms with Crippen LogP contribution >= 0.6 is 15.9 Å². The van der Waals surface area contributed by atoms with Crippen LogP contribution in [-0.4, -0.2) is 19.6 Å². The van der Waals surface area contributed by atoms with Gasteiger partial charge in [-0.05, 0) is 40.6 Å². The van der Waals surface area contributed by atoms with Gasteiger partial charge in [-0.2, -0.15) is 0 Å². The molecule has 2 atom stereocenters. The summed E-state index contributed by atoms with van der Waals surface area (Å²) in [5.74, 6) is 1.03. The van der Waals surface area contributed by atoms with Gasteiger partial charge in [0.05, 0.1) is 0 Å². The van der Waals surface area contributed by atoms with E-state index in [1.807, 2.05) is 0 Å². The molecule has 5 nitrogen and oxygen atoms in total. The van der Waals surface area contributed by atoms with Gasteiger partial charge in [0.2, 0.25) is 10.0 Å². The molecule has 2 unspecified atom stereocenters. The minimum absolute atomic E-state index is 0.0388. The van der Waals surface area contributed by atoms with Gasteiger partial charge in [-0.15, -0.1) is 0 Å². The molecule has 1 fully saturated rings. The van der Waals surface area contributed by atoms with Gasteiger partial charge in [-0.1, -0.05) is 26.7 Å². The molecular weight excluding hydrogens is 358 g/mol. The van der Waals surface area contributed by atoms with Gasteiger partial charge in [-0.25, -0.2) is 13.1 Å². The molecule has 0 aromatic carbocycles. The number of nitrogens with one attached hydrogen (secondary N) is 1. The molecule has 0 radical (unpaired) electrons. The molecule has 1 aromatic rings. The van der Waals surface area contributed by atoms with Crippen LogP contribution in [0.1, 0.15) is 45.3 Å². The number of furan rings is 1. The molecule has 0 saturated heterocycles. The third-order valence-corrected chi connectivity index (χ3v) is 6.48. The molecule has 1 saturated carbocycles. The van der Waals surface area contributed by atoms with E-state index in [1.54, 1.807) is 0 Å². The average molecular weight is 380 g/mol. The van der Waals surface area contributed by atoms with Crippen LogP contribution in [0.5, 0.6) is 0 Å². The van der Waals surface area contributed by atoms with Crippen LogP contribution in [0.3, 0.4) is 0 Å². The highest BCUT2D eigenvalue weighted by molar-refractivity contribution is 9.10. The predicted molar refractivity (Wildman–Crippen MR) is 83.2 cm³/mol. The lowest BCUT2D eigenvalue weighted by Crippen LogP contribution is -2.43. The summed E-state index contributed by atoms with van der Waals surface area (Å²) < 4.78 is 33.2. The number of aliphatic hydroxyl groups is 1. The maximum absolute atomic E-state index is 12.5. The van der Waals surface area contributed by atoms with Crippen molar-refractivity contribution in [1.29, 1.82) is 0 Å². The van der Waals surface area contributed by atoms with Gasteiger partial charge in [0, 0.05) is 12.1 Å². The number of halogens is 1. The quantitative estimate of drug-likeness (QED) is 0.823. The third-order valence-electron chi connectivity index (χ3n) is 4.13. The van der Waals surface area contributed by atoms with Crippen LogP contribution in [0.4, 0.5) is 0 Å². The second-order valence-corrected chi connectivity index (χ2v) is 8.33. The molecule has 0 spiro atoms. The highest BCUT2D eigenvalue weighted by Crippen LogP contribution is 2.32. The highest BCUT2D eigenvalue weighted by Gasteiger charge is 2.32. The predicted octanol–water partition coefficient (Wildman–Crippen LogP) is 3.03. The molecular formula is C14H22BrNO4S. The minimum Gasteiger partial charge on any atom is -0.450 e. The molecule has 2 rings (SSSR count). The van der Waals surface area contributed by atoms with Crippen molar-refractivity contribution in [3.63, 3.8) is 0 Å². The molecule has 2 N–H and O–H groups in total. The topological polar surface area (TPSA) is 79.5 Å². The van der Waals surface area contributed by atoms with Crippen LogP contribution in [0, 0.1) is 11.8 Å². The van der Waals surface area contributed by atoms with Crippen LogP contribution in [0.2, 0.25) is 0 Å². The van der Waals surface area contributed by atoms with Crippen molar-refractivity contribution >= 4 is 26.0 Å². The first kappa shape index (κ1) is 17.0. The Morgan fingerprint density at radius 3 is 2.67 bits per heavy atom. The largest absolute Gasteiger partial charge is 0.450 e. The van der Waals surface area contributed by atoms with E-state index >= 15 is 0 Å². The molecule has 21 heavy (non-hydrogen) atoms. The fourth-order valence-corrected chi connectivity index (χ4v) is 5.34. The molecule has 0 bridgehead atoms. The molecule has 0 aliphatic heterocycles. The minimum atomic E-state index is -3.65. The molecule has 1 aromatic heterocycles. The Morgan fingerprint density at radius 2 is 2.10 bits per heavy atom. The lowest BCUT2D eigenvalue weighted by Gasteiger charge is -2.34. The Morgan fingerprint density at radius 1 is 1.43 bits per heavy atom. The Kier molecular flexibility index (Phi) is 5.51. The smallest absolute Gasteiger partial charge is 0.245 e. The van der Waals surface area contributed by atoms with E-state index in [0.29, 0.717) is 11.8 Å². The van der Waals surface area contributed by atoms with Crippen molar-refractivity contribution in [3.05, 3.63) is 16.5 Å². The number of sulfonamides is 1. The van der Waals surface area contributed by atoms with Gasteiger partial charge in [0.1, 0.15) is 17.3 Å². The summed E-state index contributed by atoms with van der Waals surface area (Å²) in [5.41, 5.74) is 0. The molecule has 120 valence electrons. The zero-order valence-corrected chi connectivity index (χ0v) is 14.7. The van der Waals surface area contributed by atoms with E-state index in [-0.39, 0.29) is 28.0 Å². The number of hydrogen-bond acceptors (Lipinski definition) is 4. The van der Waals surface area contributed by atoms with E-state index in [9.17, 15) is 8.42 Å². The highest BCUT2D eigenvalue weighted by atomic mass is 79.9. The van der Waals surface area contributed by atoms with E-state index < -0.39 is 10.0 Å². The van der Waals surface area contributed by atoms with Gasteiger partial charge in [0.15, 0.2) is 4.67 Å². The van der Waals surface area contributed by atoms with E-state index in [0.717, 1.165) is 25.7 Å². The summed E-state index contributed by atoms with van der Waals surface area (Å²) in [7, 11) is -3.65. The Balaban J connectivity index is 2.21. The van der Waals surface area contributed by atoms with Gasteiger partial charge in [0.25, 0.3) is 0 Å². The average Bonchev–Trinajstić information content (AvgIpc) is 2.81. The molecule has 1 aliphatic rings. The van der Waals surface area contributed by atoms with Crippen LogP contribution < -0.4 is 4.72 Å². The number of rotatable bonds is 5. The Bertz CT molecular complexity index is 582. The Labute approximate surface area is 134 Å². The summed E-state index contributed by atoms with van der Waals surface area (Å²) in [4.78, 5) is 0.0552. The number of hydrogen-bond donors (Lipinski definition) is 2. The number of aliphatic hydroxyl groups excluding tert-OH is 1. The summed E-state index contributed by atoms with van der Waals surface area (Å²) in [6.07, 6.45) is 4.12. The second kappa shape index (κ2) is 6.81. The van der Waals surface area contributed by atoms with Gasteiger partial charge in [-0.3, -0.25) is 0 Å². The second-order valence-electron chi connectivity index (χ2n) is 5.93. The zero-order valence-electron chi connectivity index (χ0n) is 12.3. The first-order valence-electron chi connectivity index (χ1n) is 7.26. The van der Waals surface area contributed by atoms with Crippen LogP contribution in [-0.2, 0) is 16.6 Å². The van der Waals surface area contributed by atoms with Gasteiger partial charge >= 0.3 is 0 Å². The zero-order chi connectivity index (χ0) is 15.6. The van der Waals surface area contributed by atoms with E-state index in [1.165, 1.54) is 6.07 Å². The third kappa shape index (κ3) is 3.88. The van der Waals surface area contributed by atoms with Crippen LogP contribution in [0.25, 0.3) is 0 Å². The van der Waals surface area contributed by atoms with Crippen LogP contribution in [0.15, 0.2) is 20.0 Å². The Hall–Kier alpha value is -0.370. The summed E-state index contributed by atoms with van der Waals surface area (Å²) >= 11 is 3.11. The molecule has 0 amide bonds. The fraction of sp³-hybridized carbons (Fsp3) is 0.714. The molecule has 1 heterocycles. The summed E-state index contributed by atoms with van der Waals surface area (Å²) in [6, 6.07) is 1.32. The van der Waals surface area contributed by atoms with Crippen molar-refractivity contribution < 1.29 is 17.9 Å². The maximum atomic E-state index is 12.5.